The van der Waals surface area contributed by atoms with Crippen molar-refractivity contribution in [3.05, 3.63) is 0 Å². The van der Waals surface area contributed by atoms with Crippen LogP contribution >= 0.6 is 0 Å². The topological polar surface area (TPSA) is 50.8 Å². The number of rotatable bonds is 3. The lowest BCUT2D eigenvalue weighted by molar-refractivity contribution is 0.0188. The van der Waals surface area contributed by atoms with Gasteiger partial charge in [-0.1, -0.05) is 0 Å². The summed E-state index contributed by atoms with van der Waals surface area (Å²) in [5, 5.41) is 3.78. The summed E-state index contributed by atoms with van der Waals surface area (Å²) >= 11 is 0. The second-order valence-electron chi connectivity index (χ2n) is 7.62. The van der Waals surface area contributed by atoms with Gasteiger partial charge in [0.25, 0.3) is 0 Å². The van der Waals surface area contributed by atoms with Crippen molar-refractivity contribution in [1.29, 1.82) is 0 Å². The number of nitrogens with zero attached hydrogens (tertiary/aromatic N) is 1. The van der Waals surface area contributed by atoms with Gasteiger partial charge in [-0.3, -0.25) is 0 Å². The molecule has 2 aliphatic rings. The van der Waals surface area contributed by atoms with Crippen LogP contribution in [-0.4, -0.2) is 55.0 Å². The van der Waals surface area contributed by atoms with Crippen molar-refractivity contribution in [3.8, 4) is 0 Å². The van der Waals surface area contributed by atoms with E-state index < -0.39 is 5.60 Å². The highest BCUT2D eigenvalue weighted by Gasteiger charge is 2.29. The molecule has 0 radical (unpaired) electrons. The number of hydrogen-bond acceptors (Lipinski definition) is 4. The minimum absolute atomic E-state index is 0.174. The molecule has 2 fully saturated rings. The van der Waals surface area contributed by atoms with Gasteiger partial charge in [0.2, 0.25) is 0 Å². The molecule has 5 heteroatoms. The second-order valence-corrected chi connectivity index (χ2v) is 7.62. The highest BCUT2D eigenvalue weighted by Crippen LogP contribution is 2.23. The largest absolute Gasteiger partial charge is 0.444 e. The molecule has 2 rings (SSSR count). The fourth-order valence-corrected chi connectivity index (χ4v) is 3.35. The molecule has 1 aliphatic carbocycles. The van der Waals surface area contributed by atoms with Gasteiger partial charge in [-0.25, -0.2) is 4.79 Å². The number of carbonyl (C=O) groups excluding carboxylic acids is 1. The first-order valence-electron chi connectivity index (χ1n) is 8.64. The molecule has 1 saturated carbocycles. The van der Waals surface area contributed by atoms with E-state index in [-0.39, 0.29) is 6.09 Å². The van der Waals surface area contributed by atoms with Gasteiger partial charge in [-0.2, -0.15) is 0 Å². The molecule has 1 heterocycles. The Bertz CT molecular complexity index is 351. The van der Waals surface area contributed by atoms with Crippen molar-refractivity contribution < 1.29 is 14.3 Å². The van der Waals surface area contributed by atoms with Crippen molar-refractivity contribution in [3.63, 3.8) is 0 Å². The zero-order chi connectivity index (χ0) is 16.2. The molecule has 1 amide bonds. The number of carbonyl (C=O) groups is 1. The molecule has 1 N–H and O–H groups in total. The van der Waals surface area contributed by atoms with E-state index in [0.29, 0.717) is 18.2 Å². The lowest BCUT2D eigenvalue weighted by Gasteiger charge is -2.37. The predicted octanol–water partition coefficient (Wildman–Crippen LogP) is 2.93. The maximum atomic E-state index is 12.0. The molecular formula is C17H32N2O3. The third kappa shape index (κ3) is 5.43. The number of piperidine rings is 1. The fraction of sp³-hybridized carbons (Fsp3) is 0.941. The van der Waals surface area contributed by atoms with Gasteiger partial charge in [0.1, 0.15) is 5.60 Å². The van der Waals surface area contributed by atoms with Crippen LogP contribution < -0.4 is 5.32 Å². The van der Waals surface area contributed by atoms with E-state index in [1.54, 1.807) is 0 Å². The van der Waals surface area contributed by atoms with E-state index in [1.165, 1.54) is 12.8 Å². The molecule has 0 atom stereocenters. The lowest BCUT2D eigenvalue weighted by atomic mass is 9.91. The molecule has 1 aliphatic heterocycles. The Morgan fingerprint density at radius 2 is 1.55 bits per heavy atom. The molecule has 0 aromatic carbocycles. The SMILES string of the molecule is COC1CCC(NC2CCN(C(=O)OC(C)(C)C)CC2)CC1. The van der Waals surface area contributed by atoms with E-state index in [0.717, 1.165) is 38.8 Å². The predicted molar refractivity (Wildman–Crippen MR) is 87.0 cm³/mol. The third-order valence-electron chi connectivity index (χ3n) is 4.63. The van der Waals surface area contributed by atoms with Crippen molar-refractivity contribution >= 4 is 6.09 Å². The Labute approximate surface area is 134 Å². The monoisotopic (exact) mass is 312 g/mol. The van der Waals surface area contributed by atoms with Gasteiger partial charge in [0.15, 0.2) is 0 Å². The number of methoxy groups -OCH3 is 1. The standard InChI is InChI=1S/C17H32N2O3/c1-17(2,3)22-16(20)19-11-9-14(10-12-19)18-13-5-7-15(21-4)8-6-13/h13-15,18H,5-12H2,1-4H3. The third-order valence-corrected chi connectivity index (χ3v) is 4.63. The second kappa shape index (κ2) is 7.64. The highest BCUT2D eigenvalue weighted by atomic mass is 16.6. The summed E-state index contributed by atoms with van der Waals surface area (Å²) in [7, 11) is 1.81. The number of amides is 1. The van der Waals surface area contributed by atoms with Gasteiger partial charge in [-0.05, 0) is 59.3 Å². The summed E-state index contributed by atoms with van der Waals surface area (Å²) in [6, 6.07) is 1.15. The first kappa shape index (κ1) is 17.5. The van der Waals surface area contributed by atoms with Crippen LogP contribution in [0.3, 0.4) is 0 Å². The molecular weight excluding hydrogens is 280 g/mol. The Balaban J connectivity index is 1.68. The first-order valence-corrected chi connectivity index (χ1v) is 8.64. The number of hydrogen-bond donors (Lipinski definition) is 1. The summed E-state index contributed by atoms with van der Waals surface area (Å²) in [6.45, 7) is 7.32. The maximum absolute atomic E-state index is 12.0. The van der Waals surface area contributed by atoms with Crippen LogP contribution in [0.15, 0.2) is 0 Å². The summed E-state index contributed by atoms with van der Waals surface area (Å²) in [5.74, 6) is 0. The molecule has 0 spiro atoms. The zero-order valence-corrected chi connectivity index (χ0v) is 14.6. The van der Waals surface area contributed by atoms with Crippen molar-refractivity contribution in [1.82, 2.24) is 10.2 Å². The average Bonchev–Trinajstić information content (AvgIpc) is 2.47. The lowest BCUT2D eigenvalue weighted by Crippen LogP contribution is -2.49. The van der Waals surface area contributed by atoms with E-state index in [1.807, 2.05) is 32.8 Å². The first-order chi connectivity index (χ1) is 10.4. The van der Waals surface area contributed by atoms with E-state index in [4.69, 9.17) is 9.47 Å². The molecule has 0 bridgehead atoms. The summed E-state index contributed by atoms with van der Waals surface area (Å²) in [4.78, 5) is 13.9. The number of nitrogens with one attached hydrogen (secondary N) is 1. The Hall–Kier alpha value is -0.810. The quantitative estimate of drug-likeness (QED) is 0.870. The van der Waals surface area contributed by atoms with Crippen LogP contribution in [0.25, 0.3) is 0 Å². The molecule has 128 valence electrons. The maximum Gasteiger partial charge on any atom is 0.410 e. The normalized spacial score (nSPS) is 27.7. The van der Waals surface area contributed by atoms with Gasteiger partial charge in [0, 0.05) is 32.3 Å². The van der Waals surface area contributed by atoms with Crippen LogP contribution in [0.2, 0.25) is 0 Å². The molecule has 0 unspecified atom stereocenters. The molecule has 0 aromatic rings. The molecule has 5 nitrogen and oxygen atoms in total. The fourth-order valence-electron chi connectivity index (χ4n) is 3.35. The van der Waals surface area contributed by atoms with Crippen LogP contribution in [-0.2, 0) is 9.47 Å². The zero-order valence-electron chi connectivity index (χ0n) is 14.6. The highest BCUT2D eigenvalue weighted by molar-refractivity contribution is 5.68. The molecule has 22 heavy (non-hydrogen) atoms. The van der Waals surface area contributed by atoms with Crippen LogP contribution in [0.1, 0.15) is 59.3 Å². The summed E-state index contributed by atoms with van der Waals surface area (Å²) in [6.07, 6.45) is 7.02. The van der Waals surface area contributed by atoms with Crippen LogP contribution in [0, 0.1) is 0 Å². The minimum Gasteiger partial charge on any atom is -0.444 e. The number of likely N-dealkylation sites (tertiary alicyclic amines) is 1. The Kier molecular flexibility index (Phi) is 6.09. The number of ether oxygens (including phenoxy) is 2. The molecule has 0 aromatic heterocycles. The van der Waals surface area contributed by atoms with Gasteiger partial charge in [0.05, 0.1) is 6.10 Å². The molecule has 1 saturated heterocycles. The Morgan fingerprint density at radius 3 is 2.05 bits per heavy atom. The van der Waals surface area contributed by atoms with E-state index in [2.05, 4.69) is 5.32 Å². The van der Waals surface area contributed by atoms with E-state index >= 15 is 0 Å². The minimum atomic E-state index is -0.411. The van der Waals surface area contributed by atoms with Crippen LogP contribution in [0.5, 0.6) is 0 Å². The van der Waals surface area contributed by atoms with Crippen LogP contribution in [0.4, 0.5) is 4.79 Å². The van der Waals surface area contributed by atoms with Gasteiger partial charge < -0.3 is 19.7 Å². The van der Waals surface area contributed by atoms with E-state index in [9.17, 15) is 4.79 Å². The summed E-state index contributed by atoms with van der Waals surface area (Å²) < 4.78 is 10.9. The van der Waals surface area contributed by atoms with Gasteiger partial charge >= 0.3 is 6.09 Å². The van der Waals surface area contributed by atoms with Gasteiger partial charge in [-0.15, -0.1) is 0 Å². The Morgan fingerprint density at radius 1 is 1.00 bits per heavy atom. The van der Waals surface area contributed by atoms with Crippen molar-refractivity contribution in [2.45, 2.75) is 83.1 Å². The van der Waals surface area contributed by atoms with Crippen molar-refractivity contribution in [2.75, 3.05) is 20.2 Å². The smallest absolute Gasteiger partial charge is 0.410 e. The summed E-state index contributed by atoms with van der Waals surface area (Å²) in [5.41, 5.74) is -0.411. The van der Waals surface area contributed by atoms with Crippen molar-refractivity contribution in [2.24, 2.45) is 0 Å². The average molecular weight is 312 g/mol.